The van der Waals surface area contributed by atoms with Gasteiger partial charge in [-0.1, -0.05) is 18.2 Å². The number of esters is 1. The van der Waals surface area contributed by atoms with E-state index in [9.17, 15) is 4.79 Å². The fraction of sp³-hybridized carbons (Fsp3) is 0.562. The van der Waals surface area contributed by atoms with Gasteiger partial charge in [0.25, 0.3) is 0 Å². The summed E-state index contributed by atoms with van der Waals surface area (Å²) in [5.41, 5.74) is 4.41. The molecule has 0 bridgehead atoms. The van der Waals surface area contributed by atoms with Gasteiger partial charge in [-0.2, -0.15) is 0 Å². The van der Waals surface area contributed by atoms with Crippen molar-refractivity contribution in [3.8, 4) is 0 Å². The predicted molar refractivity (Wildman–Crippen MR) is 76.3 cm³/mol. The van der Waals surface area contributed by atoms with E-state index in [4.69, 9.17) is 4.74 Å². The average molecular weight is 261 g/mol. The molecule has 2 rings (SSSR count). The van der Waals surface area contributed by atoms with E-state index in [2.05, 4.69) is 18.2 Å². The summed E-state index contributed by atoms with van der Waals surface area (Å²) in [5.74, 6) is -0.140. The Labute approximate surface area is 115 Å². The minimum atomic E-state index is -0.140. The summed E-state index contributed by atoms with van der Waals surface area (Å²) in [6.45, 7) is 3.55. The third kappa shape index (κ3) is 4.06. The molecule has 3 heteroatoms. The minimum absolute atomic E-state index is 0.140. The van der Waals surface area contributed by atoms with Gasteiger partial charge in [0.2, 0.25) is 0 Å². The predicted octanol–water partition coefficient (Wildman–Crippen LogP) is 2.21. The second-order valence-corrected chi connectivity index (χ2v) is 5.25. The largest absolute Gasteiger partial charge is 0.465 e. The molecule has 0 unspecified atom stereocenters. The first-order valence-electron chi connectivity index (χ1n) is 7.14. The zero-order valence-electron chi connectivity index (χ0n) is 11.9. The Morgan fingerprint density at radius 2 is 2.11 bits per heavy atom. The highest BCUT2D eigenvalue weighted by Crippen LogP contribution is 2.22. The maximum absolute atomic E-state index is 11.4. The number of nitrogens with zero attached hydrogens (tertiary/aromatic N) is 1. The maximum atomic E-state index is 11.4. The van der Waals surface area contributed by atoms with Gasteiger partial charge in [-0.3, -0.25) is 9.69 Å². The number of rotatable bonds is 6. The maximum Gasteiger partial charge on any atom is 0.320 e. The normalized spacial score (nSPS) is 13.6. The van der Waals surface area contributed by atoms with Crippen molar-refractivity contribution in [2.24, 2.45) is 0 Å². The van der Waals surface area contributed by atoms with E-state index in [1.807, 2.05) is 18.9 Å². The van der Waals surface area contributed by atoms with Crippen molar-refractivity contribution in [2.45, 2.75) is 32.6 Å². The van der Waals surface area contributed by atoms with Crippen molar-refractivity contribution in [3.63, 3.8) is 0 Å². The SMILES string of the molecule is CCOC(=O)CN(C)CCc1ccc2c(c1)CCC2. The van der Waals surface area contributed by atoms with Gasteiger partial charge >= 0.3 is 5.97 Å². The molecule has 0 spiro atoms. The summed E-state index contributed by atoms with van der Waals surface area (Å²) in [5, 5.41) is 0. The highest BCUT2D eigenvalue weighted by molar-refractivity contribution is 5.71. The Morgan fingerprint density at radius 1 is 1.32 bits per heavy atom. The van der Waals surface area contributed by atoms with Gasteiger partial charge in [0.1, 0.15) is 0 Å². The quantitative estimate of drug-likeness (QED) is 0.735. The zero-order valence-corrected chi connectivity index (χ0v) is 11.9. The van der Waals surface area contributed by atoms with Crippen LogP contribution in [-0.2, 0) is 28.8 Å². The first-order chi connectivity index (χ1) is 9.19. The van der Waals surface area contributed by atoms with E-state index in [1.165, 1.54) is 36.0 Å². The van der Waals surface area contributed by atoms with E-state index >= 15 is 0 Å². The summed E-state index contributed by atoms with van der Waals surface area (Å²) >= 11 is 0. The van der Waals surface area contributed by atoms with Gasteiger partial charge in [0, 0.05) is 6.54 Å². The molecule has 0 fully saturated rings. The van der Waals surface area contributed by atoms with E-state index in [-0.39, 0.29) is 5.97 Å². The Hall–Kier alpha value is -1.35. The van der Waals surface area contributed by atoms with Crippen LogP contribution in [0.4, 0.5) is 0 Å². The van der Waals surface area contributed by atoms with Crippen LogP contribution in [0.2, 0.25) is 0 Å². The lowest BCUT2D eigenvalue weighted by atomic mass is 10.0. The van der Waals surface area contributed by atoms with Crippen LogP contribution in [0.5, 0.6) is 0 Å². The Balaban J connectivity index is 1.80. The highest BCUT2D eigenvalue weighted by atomic mass is 16.5. The highest BCUT2D eigenvalue weighted by Gasteiger charge is 2.11. The average Bonchev–Trinajstić information content (AvgIpc) is 2.83. The zero-order chi connectivity index (χ0) is 13.7. The van der Waals surface area contributed by atoms with Gasteiger partial charge in [-0.05, 0) is 56.3 Å². The molecule has 104 valence electrons. The van der Waals surface area contributed by atoms with Crippen LogP contribution in [-0.4, -0.2) is 37.6 Å². The van der Waals surface area contributed by atoms with Gasteiger partial charge in [-0.25, -0.2) is 0 Å². The van der Waals surface area contributed by atoms with Crippen molar-refractivity contribution in [2.75, 3.05) is 26.7 Å². The standard InChI is InChI=1S/C16H23NO2/c1-3-19-16(18)12-17(2)10-9-13-7-8-14-5-4-6-15(14)11-13/h7-8,11H,3-6,9-10,12H2,1-2H3. The molecule has 0 atom stereocenters. The minimum Gasteiger partial charge on any atom is -0.465 e. The van der Waals surface area contributed by atoms with Crippen LogP contribution in [0.15, 0.2) is 18.2 Å². The fourth-order valence-corrected chi connectivity index (χ4v) is 2.61. The van der Waals surface area contributed by atoms with Crippen LogP contribution >= 0.6 is 0 Å². The molecule has 0 heterocycles. The Bertz CT molecular complexity index is 442. The number of carbonyl (C=O) groups is 1. The summed E-state index contributed by atoms with van der Waals surface area (Å²) in [7, 11) is 1.96. The fourth-order valence-electron chi connectivity index (χ4n) is 2.61. The lowest BCUT2D eigenvalue weighted by molar-refractivity contribution is -0.144. The number of ether oxygens (including phenoxy) is 1. The number of likely N-dealkylation sites (N-methyl/N-ethyl adjacent to an activating group) is 1. The second-order valence-electron chi connectivity index (χ2n) is 5.25. The smallest absolute Gasteiger partial charge is 0.320 e. The van der Waals surface area contributed by atoms with E-state index < -0.39 is 0 Å². The summed E-state index contributed by atoms with van der Waals surface area (Å²) < 4.78 is 4.94. The molecule has 19 heavy (non-hydrogen) atoms. The molecule has 0 aliphatic heterocycles. The van der Waals surface area contributed by atoms with Crippen LogP contribution < -0.4 is 0 Å². The van der Waals surface area contributed by atoms with Crippen molar-refractivity contribution < 1.29 is 9.53 Å². The Kier molecular flexibility index (Phi) is 4.97. The molecular weight excluding hydrogens is 238 g/mol. The van der Waals surface area contributed by atoms with Crippen LogP contribution in [0.3, 0.4) is 0 Å². The molecule has 3 nitrogen and oxygen atoms in total. The molecule has 1 aliphatic rings. The van der Waals surface area contributed by atoms with Gasteiger partial charge in [0.05, 0.1) is 13.2 Å². The number of hydrogen-bond donors (Lipinski definition) is 0. The lowest BCUT2D eigenvalue weighted by Gasteiger charge is -2.15. The van der Waals surface area contributed by atoms with Crippen molar-refractivity contribution in [1.82, 2.24) is 4.90 Å². The third-order valence-corrected chi connectivity index (χ3v) is 3.65. The first kappa shape index (κ1) is 14.1. The van der Waals surface area contributed by atoms with Crippen LogP contribution in [0.1, 0.15) is 30.0 Å². The number of fused-ring (bicyclic) bond motifs is 1. The molecule has 1 aromatic rings. The molecular formula is C16H23NO2. The second kappa shape index (κ2) is 6.71. The van der Waals surface area contributed by atoms with Gasteiger partial charge in [0.15, 0.2) is 0 Å². The molecule has 0 saturated heterocycles. The number of benzene rings is 1. The number of aryl methyl sites for hydroxylation is 2. The first-order valence-corrected chi connectivity index (χ1v) is 7.14. The van der Waals surface area contributed by atoms with Crippen molar-refractivity contribution in [3.05, 3.63) is 34.9 Å². The third-order valence-electron chi connectivity index (χ3n) is 3.65. The van der Waals surface area contributed by atoms with Crippen molar-refractivity contribution >= 4 is 5.97 Å². The molecule has 1 aliphatic carbocycles. The van der Waals surface area contributed by atoms with E-state index in [0.717, 1.165) is 13.0 Å². The van der Waals surface area contributed by atoms with Gasteiger partial charge in [-0.15, -0.1) is 0 Å². The number of carbonyl (C=O) groups excluding carboxylic acids is 1. The molecule has 0 aromatic heterocycles. The summed E-state index contributed by atoms with van der Waals surface area (Å²) in [6.07, 6.45) is 4.74. The van der Waals surface area contributed by atoms with E-state index in [1.54, 1.807) is 0 Å². The van der Waals surface area contributed by atoms with Gasteiger partial charge < -0.3 is 4.74 Å². The van der Waals surface area contributed by atoms with Crippen LogP contribution in [0, 0.1) is 0 Å². The monoisotopic (exact) mass is 261 g/mol. The summed E-state index contributed by atoms with van der Waals surface area (Å²) in [4.78, 5) is 13.4. The Morgan fingerprint density at radius 3 is 2.89 bits per heavy atom. The number of hydrogen-bond acceptors (Lipinski definition) is 3. The summed E-state index contributed by atoms with van der Waals surface area (Å²) in [6, 6.07) is 6.83. The molecule has 0 amide bonds. The molecule has 1 aromatic carbocycles. The molecule has 0 saturated carbocycles. The molecule has 0 N–H and O–H groups in total. The lowest BCUT2D eigenvalue weighted by Crippen LogP contribution is -2.29. The molecule has 0 radical (unpaired) electrons. The van der Waals surface area contributed by atoms with Crippen molar-refractivity contribution in [1.29, 1.82) is 0 Å². The van der Waals surface area contributed by atoms with Crippen LogP contribution in [0.25, 0.3) is 0 Å². The van der Waals surface area contributed by atoms with E-state index in [0.29, 0.717) is 13.2 Å². The topological polar surface area (TPSA) is 29.5 Å².